The topological polar surface area (TPSA) is 80.1 Å². The van der Waals surface area contributed by atoms with Crippen molar-refractivity contribution in [3.8, 4) is 28.4 Å². The molecule has 0 atom stereocenters. The van der Waals surface area contributed by atoms with Crippen molar-refractivity contribution < 1.29 is 19.5 Å². The van der Waals surface area contributed by atoms with E-state index in [9.17, 15) is 10.0 Å². The van der Waals surface area contributed by atoms with E-state index in [4.69, 9.17) is 14.6 Å². The molecule has 8 heteroatoms. The lowest BCUT2D eigenvalue weighted by Crippen LogP contribution is -2.47. The van der Waals surface area contributed by atoms with Gasteiger partial charge in [0, 0.05) is 24.6 Å². The number of amides is 2. The minimum atomic E-state index is -0.339. The SMILES string of the molecule is COc1ccc(-n2nc(C3CCN(C(=O)N(O)C(C)C)CC3)cc2-c2cccc(OC)c2)cc1. The van der Waals surface area contributed by atoms with Gasteiger partial charge < -0.3 is 14.4 Å². The van der Waals surface area contributed by atoms with Gasteiger partial charge in [-0.2, -0.15) is 5.10 Å². The molecule has 34 heavy (non-hydrogen) atoms. The first kappa shape index (κ1) is 23.6. The number of ether oxygens (including phenoxy) is 2. The van der Waals surface area contributed by atoms with Crippen LogP contribution in [0.25, 0.3) is 16.9 Å². The molecule has 0 bridgehead atoms. The van der Waals surface area contributed by atoms with Crippen LogP contribution in [0.3, 0.4) is 0 Å². The van der Waals surface area contributed by atoms with E-state index in [1.807, 2.05) is 53.2 Å². The van der Waals surface area contributed by atoms with Crippen LogP contribution in [0.1, 0.15) is 38.3 Å². The maximum Gasteiger partial charge on any atom is 0.343 e. The number of hydrogen-bond acceptors (Lipinski definition) is 5. The van der Waals surface area contributed by atoms with Crippen LogP contribution in [-0.2, 0) is 0 Å². The number of nitrogens with zero attached hydrogens (tertiary/aromatic N) is 4. The molecule has 4 rings (SSSR count). The van der Waals surface area contributed by atoms with Gasteiger partial charge in [-0.1, -0.05) is 12.1 Å². The summed E-state index contributed by atoms with van der Waals surface area (Å²) in [7, 11) is 3.31. The molecule has 1 N–H and O–H groups in total. The first-order valence-corrected chi connectivity index (χ1v) is 11.6. The highest BCUT2D eigenvalue weighted by Gasteiger charge is 2.29. The molecule has 0 aliphatic carbocycles. The normalized spacial score (nSPS) is 14.4. The molecule has 0 unspecified atom stereocenters. The highest BCUT2D eigenvalue weighted by atomic mass is 16.5. The third kappa shape index (κ3) is 4.87. The summed E-state index contributed by atoms with van der Waals surface area (Å²) in [5.74, 6) is 1.79. The number of likely N-dealkylation sites (tertiary alicyclic amines) is 1. The fourth-order valence-electron chi connectivity index (χ4n) is 4.24. The number of carbonyl (C=O) groups excluding carboxylic acids is 1. The monoisotopic (exact) mass is 464 g/mol. The van der Waals surface area contributed by atoms with Crippen molar-refractivity contribution in [2.45, 2.75) is 38.6 Å². The maximum absolute atomic E-state index is 12.5. The Morgan fingerprint density at radius 3 is 2.32 bits per heavy atom. The lowest BCUT2D eigenvalue weighted by Gasteiger charge is -2.34. The number of urea groups is 1. The molecule has 1 aliphatic rings. The van der Waals surface area contributed by atoms with Gasteiger partial charge in [-0.3, -0.25) is 5.21 Å². The lowest BCUT2D eigenvalue weighted by atomic mass is 9.93. The fourth-order valence-corrected chi connectivity index (χ4v) is 4.24. The van der Waals surface area contributed by atoms with Gasteiger partial charge in [-0.15, -0.1) is 0 Å². The Kier molecular flexibility index (Phi) is 7.07. The van der Waals surface area contributed by atoms with Crippen molar-refractivity contribution >= 4 is 6.03 Å². The molecule has 0 spiro atoms. The van der Waals surface area contributed by atoms with Crippen molar-refractivity contribution in [2.24, 2.45) is 0 Å². The standard InChI is InChI=1S/C26H32N4O4/c1-18(2)30(32)26(31)28-14-12-19(13-15-28)24-17-25(20-6-5-7-23(16-20)34-4)29(27-24)21-8-10-22(33-3)11-9-21/h5-11,16-19,32H,12-15H2,1-4H3. The van der Waals surface area contributed by atoms with E-state index < -0.39 is 0 Å². The molecule has 0 saturated carbocycles. The summed E-state index contributed by atoms with van der Waals surface area (Å²) in [5.41, 5.74) is 3.91. The molecule has 2 amide bonds. The van der Waals surface area contributed by atoms with E-state index in [0.717, 1.165) is 52.0 Å². The molecule has 1 saturated heterocycles. The van der Waals surface area contributed by atoms with Crippen LogP contribution >= 0.6 is 0 Å². The molecule has 0 radical (unpaired) electrons. The summed E-state index contributed by atoms with van der Waals surface area (Å²) in [6.45, 7) is 4.74. The van der Waals surface area contributed by atoms with Crippen molar-refractivity contribution in [3.63, 3.8) is 0 Å². The van der Waals surface area contributed by atoms with Crippen molar-refractivity contribution in [1.29, 1.82) is 0 Å². The summed E-state index contributed by atoms with van der Waals surface area (Å²) >= 11 is 0. The van der Waals surface area contributed by atoms with E-state index in [1.165, 1.54) is 0 Å². The first-order chi connectivity index (χ1) is 16.4. The zero-order valence-electron chi connectivity index (χ0n) is 20.1. The molecule has 2 heterocycles. The van der Waals surface area contributed by atoms with Gasteiger partial charge >= 0.3 is 6.03 Å². The molecule has 8 nitrogen and oxygen atoms in total. The minimum absolute atomic E-state index is 0.221. The number of rotatable bonds is 6. The van der Waals surface area contributed by atoms with Crippen LogP contribution in [0.2, 0.25) is 0 Å². The summed E-state index contributed by atoms with van der Waals surface area (Å²) in [6.07, 6.45) is 1.57. The molecule has 1 fully saturated rings. The Balaban J connectivity index is 1.62. The highest BCUT2D eigenvalue weighted by Crippen LogP contribution is 2.33. The van der Waals surface area contributed by atoms with Gasteiger partial charge in [0.1, 0.15) is 11.5 Å². The van der Waals surface area contributed by atoms with Crippen molar-refractivity contribution in [2.75, 3.05) is 27.3 Å². The second kappa shape index (κ2) is 10.2. The van der Waals surface area contributed by atoms with Crippen LogP contribution in [0.4, 0.5) is 4.79 Å². The van der Waals surface area contributed by atoms with Crippen LogP contribution in [0.15, 0.2) is 54.6 Å². The Hall–Kier alpha value is -3.52. The first-order valence-electron chi connectivity index (χ1n) is 11.6. The molecular weight excluding hydrogens is 432 g/mol. The third-order valence-electron chi connectivity index (χ3n) is 6.28. The largest absolute Gasteiger partial charge is 0.497 e. The molecule has 1 aliphatic heterocycles. The Bertz CT molecular complexity index is 1120. The van der Waals surface area contributed by atoms with Gasteiger partial charge in [-0.25, -0.2) is 14.5 Å². The van der Waals surface area contributed by atoms with Crippen molar-refractivity contribution in [1.82, 2.24) is 19.7 Å². The average Bonchev–Trinajstić information content (AvgIpc) is 3.33. The summed E-state index contributed by atoms with van der Waals surface area (Å²) in [5, 5.41) is 15.8. The quantitative estimate of drug-likeness (QED) is 0.412. The number of piperidine rings is 1. The Labute approximate surface area is 200 Å². The number of aromatic nitrogens is 2. The summed E-state index contributed by atoms with van der Waals surface area (Å²) < 4.78 is 12.7. The molecule has 180 valence electrons. The smallest absolute Gasteiger partial charge is 0.343 e. The maximum atomic E-state index is 12.5. The second-order valence-electron chi connectivity index (χ2n) is 8.78. The van der Waals surface area contributed by atoms with Crippen molar-refractivity contribution in [3.05, 3.63) is 60.3 Å². The highest BCUT2D eigenvalue weighted by molar-refractivity contribution is 5.73. The van der Waals surface area contributed by atoms with Gasteiger partial charge in [0.25, 0.3) is 0 Å². The van der Waals surface area contributed by atoms with E-state index in [-0.39, 0.29) is 18.0 Å². The zero-order chi connectivity index (χ0) is 24.2. The van der Waals surface area contributed by atoms with Gasteiger partial charge in [0.15, 0.2) is 0 Å². The van der Waals surface area contributed by atoms with Gasteiger partial charge in [0.2, 0.25) is 0 Å². The van der Waals surface area contributed by atoms with Crippen LogP contribution in [-0.4, -0.2) is 64.3 Å². The van der Waals surface area contributed by atoms with E-state index >= 15 is 0 Å². The number of carbonyl (C=O) groups is 1. The lowest BCUT2D eigenvalue weighted by molar-refractivity contribution is -0.0814. The summed E-state index contributed by atoms with van der Waals surface area (Å²) in [4.78, 5) is 14.2. The Morgan fingerprint density at radius 2 is 1.71 bits per heavy atom. The van der Waals surface area contributed by atoms with Gasteiger partial charge in [-0.05, 0) is 69.2 Å². The molecule has 2 aromatic carbocycles. The predicted octanol–water partition coefficient (Wildman–Crippen LogP) is 4.96. The van der Waals surface area contributed by atoms with Crippen LogP contribution in [0, 0.1) is 0 Å². The number of hydroxylamine groups is 2. The Morgan fingerprint density at radius 1 is 1.03 bits per heavy atom. The van der Waals surface area contributed by atoms with E-state index in [0.29, 0.717) is 13.1 Å². The average molecular weight is 465 g/mol. The zero-order valence-corrected chi connectivity index (χ0v) is 20.1. The van der Waals surface area contributed by atoms with Gasteiger partial charge in [0.05, 0.1) is 37.3 Å². The fraction of sp³-hybridized carbons (Fsp3) is 0.385. The van der Waals surface area contributed by atoms with Crippen LogP contribution < -0.4 is 9.47 Å². The summed E-state index contributed by atoms with van der Waals surface area (Å²) in [6, 6.07) is 17.3. The van der Waals surface area contributed by atoms with E-state index in [1.54, 1.807) is 33.0 Å². The molecular formula is C26H32N4O4. The minimum Gasteiger partial charge on any atom is -0.497 e. The second-order valence-corrected chi connectivity index (χ2v) is 8.78. The van der Waals surface area contributed by atoms with Crippen LogP contribution in [0.5, 0.6) is 11.5 Å². The molecule has 3 aromatic rings. The number of methoxy groups -OCH3 is 2. The number of benzene rings is 2. The predicted molar refractivity (Wildman–Crippen MR) is 130 cm³/mol. The molecule has 1 aromatic heterocycles. The number of hydrogen-bond donors (Lipinski definition) is 1. The third-order valence-corrected chi connectivity index (χ3v) is 6.28. The van der Waals surface area contributed by atoms with E-state index in [2.05, 4.69) is 6.07 Å².